The van der Waals surface area contributed by atoms with E-state index in [0.29, 0.717) is 6.42 Å². The fourth-order valence-corrected chi connectivity index (χ4v) is 2.37. The normalized spacial score (nSPS) is 13.1. The summed E-state index contributed by atoms with van der Waals surface area (Å²) in [5, 5.41) is 2.19. The standard InChI is InChI=1S/C17H22N2O2/c1-17(2,16(19)20)10-15(18)13-5-4-12-9-14(21-3)7-6-11(12)8-13/h4-9,15H,10,18H2,1-3H3,(H2,19,20). The van der Waals surface area contributed by atoms with Gasteiger partial charge in [0.05, 0.1) is 7.11 Å². The molecule has 1 amide bonds. The molecule has 112 valence electrons. The summed E-state index contributed by atoms with van der Waals surface area (Å²) in [6, 6.07) is 11.7. The van der Waals surface area contributed by atoms with Gasteiger partial charge in [-0.15, -0.1) is 0 Å². The number of carbonyl (C=O) groups excluding carboxylic acids is 1. The van der Waals surface area contributed by atoms with Crippen LogP contribution in [0, 0.1) is 5.41 Å². The molecule has 0 aliphatic heterocycles. The minimum absolute atomic E-state index is 0.223. The Labute approximate surface area is 125 Å². The third kappa shape index (κ3) is 3.34. The molecular formula is C17H22N2O2. The SMILES string of the molecule is COc1ccc2cc(C(N)CC(C)(C)C(N)=O)ccc2c1. The molecule has 2 aromatic rings. The van der Waals surface area contributed by atoms with Crippen molar-refractivity contribution in [1.29, 1.82) is 0 Å². The first-order chi connectivity index (χ1) is 9.83. The maximum atomic E-state index is 11.4. The summed E-state index contributed by atoms with van der Waals surface area (Å²) in [7, 11) is 1.65. The Morgan fingerprint density at radius 2 is 1.81 bits per heavy atom. The summed E-state index contributed by atoms with van der Waals surface area (Å²) in [4.78, 5) is 11.4. The molecule has 1 unspecified atom stereocenters. The molecule has 4 nitrogen and oxygen atoms in total. The molecule has 1 atom stereocenters. The lowest BCUT2D eigenvalue weighted by atomic mass is 9.83. The summed E-state index contributed by atoms with van der Waals surface area (Å²) >= 11 is 0. The molecule has 2 rings (SSSR count). The van der Waals surface area contributed by atoms with E-state index in [1.807, 2.05) is 44.2 Å². The van der Waals surface area contributed by atoms with Crippen molar-refractivity contribution in [2.24, 2.45) is 16.9 Å². The van der Waals surface area contributed by atoms with Crippen molar-refractivity contribution in [2.75, 3.05) is 7.11 Å². The first kappa shape index (κ1) is 15.3. The predicted octanol–water partition coefficient (Wildman–Crippen LogP) is 2.75. The van der Waals surface area contributed by atoms with Gasteiger partial charge in [0, 0.05) is 11.5 Å². The van der Waals surface area contributed by atoms with Crippen molar-refractivity contribution in [3.63, 3.8) is 0 Å². The maximum absolute atomic E-state index is 11.4. The fourth-order valence-electron chi connectivity index (χ4n) is 2.37. The molecular weight excluding hydrogens is 264 g/mol. The Kier molecular flexibility index (Phi) is 4.19. The van der Waals surface area contributed by atoms with Gasteiger partial charge in [-0.25, -0.2) is 0 Å². The molecule has 4 heteroatoms. The average molecular weight is 286 g/mol. The fraction of sp³-hybridized carbons (Fsp3) is 0.353. The molecule has 0 fully saturated rings. The smallest absolute Gasteiger partial charge is 0.223 e. The van der Waals surface area contributed by atoms with Crippen molar-refractivity contribution in [2.45, 2.75) is 26.3 Å². The Bertz CT molecular complexity index is 665. The predicted molar refractivity (Wildman–Crippen MR) is 85.0 cm³/mol. The Morgan fingerprint density at radius 3 is 2.43 bits per heavy atom. The maximum Gasteiger partial charge on any atom is 0.223 e. The second-order valence-corrected chi connectivity index (χ2v) is 6.03. The van der Waals surface area contributed by atoms with Gasteiger partial charge in [-0.05, 0) is 41.0 Å². The summed E-state index contributed by atoms with van der Waals surface area (Å²) in [5.74, 6) is 0.498. The van der Waals surface area contributed by atoms with Gasteiger partial charge in [0.15, 0.2) is 0 Å². The summed E-state index contributed by atoms with van der Waals surface area (Å²) in [6.45, 7) is 3.64. The summed E-state index contributed by atoms with van der Waals surface area (Å²) in [6.07, 6.45) is 0.518. The van der Waals surface area contributed by atoms with Crippen LogP contribution >= 0.6 is 0 Å². The zero-order valence-corrected chi connectivity index (χ0v) is 12.7. The van der Waals surface area contributed by atoms with E-state index in [1.54, 1.807) is 7.11 Å². The number of hydrogen-bond acceptors (Lipinski definition) is 3. The highest BCUT2D eigenvalue weighted by Gasteiger charge is 2.28. The molecule has 0 aliphatic rings. The van der Waals surface area contributed by atoms with Crippen LogP contribution in [0.3, 0.4) is 0 Å². The van der Waals surface area contributed by atoms with Crippen LogP contribution in [-0.4, -0.2) is 13.0 Å². The second kappa shape index (κ2) is 5.74. The number of methoxy groups -OCH3 is 1. The van der Waals surface area contributed by atoms with Crippen molar-refractivity contribution in [3.05, 3.63) is 42.0 Å². The second-order valence-electron chi connectivity index (χ2n) is 6.03. The van der Waals surface area contributed by atoms with E-state index in [1.165, 1.54) is 0 Å². The number of fused-ring (bicyclic) bond motifs is 1. The van der Waals surface area contributed by atoms with Gasteiger partial charge < -0.3 is 16.2 Å². The number of amides is 1. The average Bonchev–Trinajstić information content (AvgIpc) is 2.45. The highest BCUT2D eigenvalue weighted by molar-refractivity contribution is 5.84. The van der Waals surface area contributed by atoms with Crippen LogP contribution < -0.4 is 16.2 Å². The largest absolute Gasteiger partial charge is 0.497 e. The van der Waals surface area contributed by atoms with Crippen LogP contribution in [0.2, 0.25) is 0 Å². The van der Waals surface area contributed by atoms with E-state index in [9.17, 15) is 4.79 Å². The monoisotopic (exact) mass is 286 g/mol. The lowest BCUT2D eigenvalue weighted by Crippen LogP contribution is -2.34. The summed E-state index contributed by atoms with van der Waals surface area (Å²) in [5.41, 5.74) is 12.0. The van der Waals surface area contributed by atoms with Crippen molar-refractivity contribution < 1.29 is 9.53 Å². The van der Waals surface area contributed by atoms with Crippen molar-refractivity contribution >= 4 is 16.7 Å². The Hall–Kier alpha value is -2.07. The molecule has 0 aromatic heterocycles. The van der Waals surface area contributed by atoms with Crippen LogP contribution in [-0.2, 0) is 4.79 Å². The van der Waals surface area contributed by atoms with Crippen LogP contribution in [0.1, 0.15) is 31.9 Å². The molecule has 0 radical (unpaired) electrons. The van der Waals surface area contributed by atoms with Crippen LogP contribution in [0.4, 0.5) is 0 Å². The quantitative estimate of drug-likeness (QED) is 0.887. The molecule has 2 aromatic carbocycles. The molecule has 0 saturated carbocycles. The van der Waals surface area contributed by atoms with E-state index in [2.05, 4.69) is 6.07 Å². The van der Waals surface area contributed by atoms with Crippen molar-refractivity contribution in [1.82, 2.24) is 0 Å². The molecule has 0 saturated heterocycles. The van der Waals surface area contributed by atoms with E-state index in [0.717, 1.165) is 22.1 Å². The van der Waals surface area contributed by atoms with Crippen LogP contribution in [0.25, 0.3) is 10.8 Å². The molecule has 0 spiro atoms. The van der Waals surface area contributed by atoms with Crippen LogP contribution in [0.5, 0.6) is 5.75 Å². The van der Waals surface area contributed by atoms with Gasteiger partial charge >= 0.3 is 0 Å². The molecule has 21 heavy (non-hydrogen) atoms. The van der Waals surface area contributed by atoms with Crippen molar-refractivity contribution in [3.8, 4) is 5.75 Å². The number of primary amides is 1. The molecule has 0 aliphatic carbocycles. The number of carbonyl (C=O) groups is 1. The third-order valence-electron chi connectivity index (χ3n) is 3.90. The summed E-state index contributed by atoms with van der Waals surface area (Å²) < 4.78 is 5.22. The van der Waals surface area contributed by atoms with E-state index < -0.39 is 5.41 Å². The first-order valence-corrected chi connectivity index (χ1v) is 6.97. The molecule has 4 N–H and O–H groups in total. The number of nitrogens with two attached hydrogens (primary N) is 2. The first-order valence-electron chi connectivity index (χ1n) is 6.97. The van der Waals surface area contributed by atoms with Gasteiger partial charge in [-0.1, -0.05) is 32.0 Å². The lowest BCUT2D eigenvalue weighted by Gasteiger charge is -2.24. The topological polar surface area (TPSA) is 78.3 Å². The Balaban J connectivity index is 2.28. The van der Waals surface area contributed by atoms with Crippen LogP contribution in [0.15, 0.2) is 36.4 Å². The zero-order valence-electron chi connectivity index (χ0n) is 12.7. The lowest BCUT2D eigenvalue weighted by molar-refractivity contribution is -0.126. The minimum Gasteiger partial charge on any atom is -0.497 e. The highest BCUT2D eigenvalue weighted by Crippen LogP contribution is 2.30. The zero-order chi connectivity index (χ0) is 15.6. The number of rotatable bonds is 5. The van der Waals surface area contributed by atoms with E-state index in [-0.39, 0.29) is 11.9 Å². The minimum atomic E-state index is -0.617. The molecule has 0 bridgehead atoms. The Morgan fingerprint density at radius 1 is 1.19 bits per heavy atom. The number of benzene rings is 2. The third-order valence-corrected chi connectivity index (χ3v) is 3.90. The number of ether oxygens (including phenoxy) is 1. The number of hydrogen-bond donors (Lipinski definition) is 2. The van der Waals surface area contributed by atoms with E-state index in [4.69, 9.17) is 16.2 Å². The molecule has 0 heterocycles. The van der Waals surface area contributed by atoms with Gasteiger partial charge in [0.25, 0.3) is 0 Å². The van der Waals surface area contributed by atoms with Gasteiger partial charge in [-0.3, -0.25) is 4.79 Å². The highest BCUT2D eigenvalue weighted by atomic mass is 16.5. The van der Waals surface area contributed by atoms with E-state index >= 15 is 0 Å². The van der Waals surface area contributed by atoms with Gasteiger partial charge in [0.2, 0.25) is 5.91 Å². The van der Waals surface area contributed by atoms with Gasteiger partial charge in [0.1, 0.15) is 5.75 Å². The van der Waals surface area contributed by atoms with Gasteiger partial charge in [-0.2, -0.15) is 0 Å².